The van der Waals surface area contributed by atoms with Crippen LogP contribution in [0.25, 0.3) is 0 Å². The van der Waals surface area contributed by atoms with Crippen LogP contribution in [0.4, 0.5) is 0 Å². The van der Waals surface area contributed by atoms with Gasteiger partial charge in [-0.2, -0.15) is 0 Å². The second-order valence-electron chi connectivity index (χ2n) is 3.70. The van der Waals surface area contributed by atoms with Crippen LogP contribution in [-0.4, -0.2) is 29.9 Å². The molecule has 1 saturated carbocycles. The van der Waals surface area contributed by atoms with Gasteiger partial charge < -0.3 is 14.7 Å². The maximum Gasteiger partial charge on any atom is 0.169 e. The molecule has 13 heavy (non-hydrogen) atoms. The van der Waals surface area contributed by atoms with E-state index in [4.69, 9.17) is 14.7 Å². The van der Waals surface area contributed by atoms with Gasteiger partial charge in [-0.25, -0.2) is 0 Å². The van der Waals surface area contributed by atoms with Crippen LogP contribution in [0.5, 0.6) is 0 Å². The third-order valence-corrected chi connectivity index (χ3v) is 2.73. The van der Waals surface area contributed by atoms with Gasteiger partial charge in [0.05, 0.1) is 12.8 Å². The van der Waals surface area contributed by atoms with E-state index in [-0.39, 0.29) is 11.9 Å². The maximum absolute atomic E-state index is 8.35. The Balaban J connectivity index is 1.94. The average Bonchev–Trinajstić information content (AvgIpc) is 2.51. The van der Waals surface area contributed by atoms with Crippen LogP contribution in [-0.2, 0) is 9.47 Å². The molecule has 2 rings (SSSR count). The summed E-state index contributed by atoms with van der Waals surface area (Å²) in [7, 11) is 0. The van der Waals surface area contributed by atoms with E-state index in [2.05, 4.69) is 5.16 Å². The average molecular weight is 185 g/mol. The molecular weight excluding hydrogens is 170 g/mol. The fraction of sp³-hybridized carbons (Fsp3) is 0.889. The summed E-state index contributed by atoms with van der Waals surface area (Å²) in [6.45, 7) is 0.518. The summed E-state index contributed by atoms with van der Waals surface area (Å²) in [5.41, 5.74) is 0. The third kappa shape index (κ3) is 1.84. The van der Waals surface area contributed by atoms with Crippen LogP contribution in [0, 0.1) is 0 Å². The van der Waals surface area contributed by atoms with Gasteiger partial charge >= 0.3 is 0 Å². The second kappa shape index (κ2) is 3.64. The molecule has 2 aliphatic rings. The van der Waals surface area contributed by atoms with Gasteiger partial charge in [0.25, 0.3) is 0 Å². The first-order valence-electron chi connectivity index (χ1n) is 4.84. The van der Waals surface area contributed by atoms with Crippen molar-refractivity contribution in [1.29, 1.82) is 0 Å². The summed E-state index contributed by atoms with van der Waals surface area (Å²) in [6, 6.07) is 0. The fourth-order valence-corrected chi connectivity index (χ4v) is 2.08. The Hall–Kier alpha value is -0.610. The van der Waals surface area contributed by atoms with Crippen molar-refractivity contribution in [2.24, 2.45) is 5.16 Å². The lowest BCUT2D eigenvalue weighted by atomic mass is 9.94. The molecule has 1 spiro atoms. The molecule has 0 aromatic rings. The molecule has 1 atom stereocenters. The van der Waals surface area contributed by atoms with Crippen LogP contribution in [0.15, 0.2) is 5.16 Å². The van der Waals surface area contributed by atoms with Crippen molar-refractivity contribution in [3.63, 3.8) is 0 Å². The van der Waals surface area contributed by atoms with Gasteiger partial charge in [-0.3, -0.25) is 0 Å². The summed E-state index contributed by atoms with van der Waals surface area (Å²) in [5.74, 6) is -0.357. The van der Waals surface area contributed by atoms with Crippen LogP contribution < -0.4 is 0 Å². The van der Waals surface area contributed by atoms with E-state index in [0.29, 0.717) is 6.61 Å². The zero-order chi connectivity index (χ0) is 9.15. The number of oxime groups is 1. The normalized spacial score (nSPS) is 33.1. The largest absolute Gasteiger partial charge is 0.411 e. The Morgan fingerprint density at radius 3 is 2.77 bits per heavy atom. The van der Waals surface area contributed by atoms with E-state index in [9.17, 15) is 0 Å². The number of rotatable bonds is 1. The van der Waals surface area contributed by atoms with Crippen molar-refractivity contribution in [3.8, 4) is 0 Å². The zero-order valence-corrected chi connectivity index (χ0v) is 7.61. The van der Waals surface area contributed by atoms with Crippen molar-refractivity contribution in [1.82, 2.24) is 0 Å². The molecule has 1 unspecified atom stereocenters. The molecule has 0 bridgehead atoms. The predicted octanol–water partition coefficient (Wildman–Crippen LogP) is 1.52. The number of nitrogens with zero attached hydrogens (tertiary/aromatic N) is 1. The minimum atomic E-state index is -0.357. The number of hydrogen-bond donors (Lipinski definition) is 1. The van der Waals surface area contributed by atoms with E-state index >= 15 is 0 Å². The molecule has 4 heteroatoms. The fourth-order valence-electron chi connectivity index (χ4n) is 2.08. The monoisotopic (exact) mass is 185 g/mol. The maximum atomic E-state index is 8.35. The smallest absolute Gasteiger partial charge is 0.169 e. The zero-order valence-electron chi connectivity index (χ0n) is 7.61. The highest BCUT2D eigenvalue weighted by Crippen LogP contribution is 2.37. The molecule has 0 aromatic carbocycles. The van der Waals surface area contributed by atoms with E-state index in [1.165, 1.54) is 25.5 Å². The summed E-state index contributed by atoms with van der Waals surface area (Å²) in [4.78, 5) is 0. The molecule has 0 aromatic heterocycles. The molecule has 0 amide bonds. The highest BCUT2D eigenvalue weighted by molar-refractivity contribution is 5.62. The Morgan fingerprint density at radius 2 is 2.08 bits per heavy atom. The first-order chi connectivity index (χ1) is 6.35. The Bertz CT molecular complexity index is 199. The van der Waals surface area contributed by atoms with E-state index in [0.717, 1.165) is 12.8 Å². The second-order valence-corrected chi connectivity index (χ2v) is 3.70. The summed E-state index contributed by atoms with van der Waals surface area (Å²) in [6.07, 6.45) is 6.79. The van der Waals surface area contributed by atoms with Crippen molar-refractivity contribution in [2.75, 3.05) is 6.61 Å². The van der Waals surface area contributed by atoms with Crippen molar-refractivity contribution < 1.29 is 14.7 Å². The molecule has 0 radical (unpaired) electrons. The molecule has 1 N–H and O–H groups in total. The third-order valence-electron chi connectivity index (χ3n) is 2.73. The van der Waals surface area contributed by atoms with Gasteiger partial charge in [-0.1, -0.05) is 11.6 Å². The van der Waals surface area contributed by atoms with E-state index in [1.807, 2.05) is 0 Å². The van der Waals surface area contributed by atoms with Gasteiger partial charge in [0, 0.05) is 12.8 Å². The van der Waals surface area contributed by atoms with Crippen LogP contribution in [0.1, 0.15) is 32.1 Å². The highest BCUT2D eigenvalue weighted by atomic mass is 16.7. The Morgan fingerprint density at radius 1 is 1.31 bits per heavy atom. The number of hydrogen-bond acceptors (Lipinski definition) is 4. The van der Waals surface area contributed by atoms with Crippen LogP contribution in [0.2, 0.25) is 0 Å². The van der Waals surface area contributed by atoms with Gasteiger partial charge in [0.2, 0.25) is 0 Å². The van der Waals surface area contributed by atoms with Crippen LogP contribution in [0.3, 0.4) is 0 Å². The Kier molecular flexibility index (Phi) is 2.51. The molecule has 4 nitrogen and oxygen atoms in total. The lowest BCUT2D eigenvalue weighted by Crippen LogP contribution is -2.33. The molecule has 74 valence electrons. The topological polar surface area (TPSA) is 51.1 Å². The first kappa shape index (κ1) is 8.97. The van der Waals surface area contributed by atoms with Crippen LogP contribution >= 0.6 is 0 Å². The molecule has 1 aliphatic heterocycles. The number of ether oxygens (including phenoxy) is 2. The van der Waals surface area contributed by atoms with Crippen molar-refractivity contribution >= 4 is 6.21 Å². The van der Waals surface area contributed by atoms with Crippen molar-refractivity contribution in [3.05, 3.63) is 0 Å². The summed E-state index contributed by atoms with van der Waals surface area (Å²) in [5, 5.41) is 11.3. The molecule has 1 aliphatic carbocycles. The first-order valence-corrected chi connectivity index (χ1v) is 4.84. The SMILES string of the molecule is O/N=C/C1COC2(CCCCC2)O1. The quantitative estimate of drug-likeness (QED) is 0.383. The predicted molar refractivity (Wildman–Crippen MR) is 46.9 cm³/mol. The van der Waals surface area contributed by atoms with Gasteiger partial charge in [0.1, 0.15) is 6.10 Å². The van der Waals surface area contributed by atoms with E-state index in [1.54, 1.807) is 0 Å². The molecular formula is C9H15NO3. The van der Waals surface area contributed by atoms with Gasteiger partial charge in [-0.15, -0.1) is 0 Å². The van der Waals surface area contributed by atoms with Gasteiger partial charge in [0.15, 0.2) is 5.79 Å². The molecule has 1 saturated heterocycles. The van der Waals surface area contributed by atoms with E-state index < -0.39 is 0 Å². The lowest BCUT2D eigenvalue weighted by molar-refractivity contribution is -0.181. The standard InChI is InChI=1S/C9H15NO3/c11-10-6-8-7-12-9(13-8)4-2-1-3-5-9/h6,8,11H,1-5,7H2/b10-6+. The highest BCUT2D eigenvalue weighted by Gasteiger charge is 2.41. The lowest BCUT2D eigenvalue weighted by Gasteiger charge is -2.31. The van der Waals surface area contributed by atoms with Gasteiger partial charge in [-0.05, 0) is 12.8 Å². The minimum absolute atomic E-state index is 0.164. The summed E-state index contributed by atoms with van der Waals surface area (Å²) >= 11 is 0. The molecule has 2 fully saturated rings. The molecule has 1 heterocycles. The van der Waals surface area contributed by atoms with Crippen molar-refractivity contribution in [2.45, 2.75) is 44.0 Å². The minimum Gasteiger partial charge on any atom is -0.411 e. The Labute approximate surface area is 77.5 Å². The summed E-state index contributed by atoms with van der Waals surface area (Å²) < 4.78 is 11.3.